The third-order valence-electron chi connectivity index (χ3n) is 3.28. The minimum atomic E-state index is -3.61. The van der Waals surface area contributed by atoms with Crippen molar-refractivity contribution in [1.29, 1.82) is 0 Å². The van der Waals surface area contributed by atoms with Crippen LogP contribution >= 0.6 is 11.8 Å². The Hall–Kier alpha value is -1.99. The number of benzene rings is 2. The molecule has 3 aromatic rings. The number of hydrogen-bond donors (Lipinski definition) is 0. The maximum Gasteiger partial charge on any atom is 0.310 e. The van der Waals surface area contributed by atoms with Gasteiger partial charge in [0.1, 0.15) is 5.75 Å². The summed E-state index contributed by atoms with van der Waals surface area (Å²) in [5.41, 5.74) is 1.93. The Morgan fingerprint density at radius 2 is 1.78 bits per heavy atom. The van der Waals surface area contributed by atoms with Gasteiger partial charge in [-0.3, -0.25) is 0 Å². The average molecular weight is 348 g/mol. The second-order valence-corrected chi connectivity index (χ2v) is 7.70. The first-order valence-corrected chi connectivity index (χ1v) is 9.63. The summed E-state index contributed by atoms with van der Waals surface area (Å²) in [4.78, 5) is 4.51. The molecule has 0 fully saturated rings. The maximum atomic E-state index is 12.0. The van der Waals surface area contributed by atoms with Crippen molar-refractivity contribution in [2.45, 2.75) is 5.16 Å². The van der Waals surface area contributed by atoms with Crippen LogP contribution in [0.1, 0.15) is 0 Å². The molecule has 7 heteroatoms. The predicted octanol–water partition coefficient (Wildman–Crippen LogP) is 3.07. The molecule has 2 aromatic carbocycles. The molecular formula is C16H16N2O3S2. The first kappa shape index (κ1) is 15.9. The minimum Gasteiger partial charge on any atom is -0.382 e. The molecule has 5 nitrogen and oxygen atoms in total. The van der Waals surface area contributed by atoms with Gasteiger partial charge in [-0.15, -0.1) is 0 Å². The Balaban J connectivity index is 1.63. The van der Waals surface area contributed by atoms with Crippen LogP contribution < -0.4 is 4.18 Å². The Morgan fingerprint density at radius 3 is 2.52 bits per heavy atom. The molecule has 0 spiro atoms. The number of thioether (sulfide) groups is 1. The van der Waals surface area contributed by atoms with E-state index in [1.54, 1.807) is 30.3 Å². The zero-order valence-corrected chi connectivity index (χ0v) is 14.2. The van der Waals surface area contributed by atoms with Crippen LogP contribution in [0.4, 0.5) is 0 Å². The van der Waals surface area contributed by atoms with E-state index >= 15 is 0 Å². The number of fused-ring (bicyclic) bond motifs is 1. The van der Waals surface area contributed by atoms with E-state index in [9.17, 15) is 8.42 Å². The summed E-state index contributed by atoms with van der Waals surface area (Å²) in [5.74, 6) is 0.641. The molecule has 0 bridgehead atoms. The van der Waals surface area contributed by atoms with Gasteiger partial charge in [-0.1, -0.05) is 42.1 Å². The van der Waals surface area contributed by atoms with Crippen LogP contribution in [-0.4, -0.2) is 29.5 Å². The molecule has 0 saturated carbocycles. The molecule has 23 heavy (non-hydrogen) atoms. The summed E-state index contributed by atoms with van der Waals surface area (Å²) in [6.45, 7) is 0. The Kier molecular flexibility index (Phi) is 4.58. The van der Waals surface area contributed by atoms with E-state index in [0.717, 1.165) is 16.2 Å². The van der Waals surface area contributed by atoms with Crippen molar-refractivity contribution in [1.82, 2.24) is 9.55 Å². The largest absolute Gasteiger partial charge is 0.382 e. The Labute approximate surface area is 139 Å². The molecule has 0 unspecified atom stereocenters. The van der Waals surface area contributed by atoms with Crippen LogP contribution in [0.3, 0.4) is 0 Å². The van der Waals surface area contributed by atoms with Gasteiger partial charge < -0.3 is 8.75 Å². The fourth-order valence-electron chi connectivity index (χ4n) is 2.15. The quantitative estimate of drug-likeness (QED) is 0.506. The lowest BCUT2D eigenvalue weighted by Crippen LogP contribution is -2.15. The third kappa shape index (κ3) is 3.86. The molecule has 0 N–H and O–H groups in total. The molecule has 0 atom stereocenters. The summed E-state index contributed by atoms with van der Waals surface area (Å²) < 4.78 is 31.0. The summed E-state index contributed by atoms with van der Waals surface area (Å²) in [7, 11) is -1.68. The standard InChI is InChI=1S/C16H16N2O3S2/c1-18-15-10-6-5-9-14(15)17-16(18)22-11-12-23(19,20)21-13-7-3-2-4-8-13/h2-10H,11-12H2,1H3. The number of imidazole rings is 1. The minimum absolute atomic E-state index is 0.0736. The summed E-state index contributed by atoms with van der Waals surface area (Å²) in [5, 5.41) is 0.793. The Morgan fingerprint density at radius 1 is 1.09 bits per heavy atom. The van der Waals surface area contributed by atoms with Crippen LogP contribution in [0.2, 0.25) is 0 Å². The number of nitrogens with zero attached hydrogens (tertiary/aromatic N) is 2. The predicted molar refractivity (Wildman–Crippen MR) is 92.3 cm³/mol. The lowest BCUT2D eigenvalue weighted by molar-refractivity contribution is 0.488. The molecule has 120 valence electrons. The highest BCUT2D eigenvalue weighted by molar-refractivity contribution is 8.00. The van der Waals surface area contributed by atoms with Gasteiger partial charge in [-0.25, -0.2) is 4.98 Å². The van der Waals surface area contributed by atoms with Gasteiger partial charge in [0.25, 0.3) is 0 Å². The van der Waals surface area contributed by atoms with E-state index < -0.39 is 10.1 Å². The lowest BCUT2D eigenvalue weighted by atomic mass is 10.3. The SMILES string of the molecule is Cn1c(SCCS(=O)(=O)Oc2ccccc2)nc2ccccc21. The van der Waals surface area contributed by atoms with Crippen LogP contribution in [0.5, 0.6) is 5.75 Å². The molecule has 0 amide bonds. The highest BCUT2D eigenvalue weighted by atomic mass is 32.2. The van der Waals surface area contributed by atoms with E-state index in [2.05, 4.69) is 4.98 Å². The highest BCUT2D eigenvalue weighted by Crippen LogP contribution is 2.23. The third-order valence-corrected chi connectivity index (χ3v) is 5.72. The number of aryl methyl sites for hydroxylation is 1. The van der Waals surface area contributed by atoms with Crippen LogP contribution in [-0.2, 0) is 17.2 Å². The van der Waals surface area contributed by atoms with Crippen LogP contribution in [0, 0.1) is 0 Å². The molecule has 3 rings (SSSR count). The first-order chi connectivity index (χ1) is 11.1. The molecule has 0 aliphatic rings. The monoisotopic (exact) mass is 348 g/mol. The van der Waals surface area contributed by atoms with Crippen molar-refractivity contribution < 1.29 is 12.6 Å². The van der Waals surface area contributed by atoms with Gasteiger partial charge in [0.15, 0.2) is 5.16 Å². The fourth-order valence-corrected chi connectivity index (χ4v) is 4.43. The zero-order valence-electron chi connectivity index (χ0n) is 12.5. The van der Waals surface area contributed by atoms with Gasteiger partial charge >= 0.3 is 10.1 Å². The molecule has 0 saturated heterocycles. The molecule has 1 heterocycles. The summed E-state index contributed by atoms with van der Waals surface area (Å²) in [6.07, 6.45) is 0. The number of aromatic nitrogens is 2. The molecule has 0 aliphatic heterocycles. The smallest absolute Gasteiger partial charge is 0.310 e. The van der Waals surface area contributed by atoms with Crippen LogP contribution in [0.15, 0.2) is 59.8 Å². The average Bonchev–Trinajstić information content (AvgIpc) is 2.85. The topological polar surface area (TPSA) is 61.2 Å². The van der Waals surface area contributed by atoms with E-state index in [0.29, 0.717) is 11.5 Å². The molecule has 0 radical (unpaired) electrons. The maximum absolute atomic E-state index is 12.0. The Bertz CT molecular complexity index is 905. The van der Waals surface area contributed by atoms with E-state index in [1.165, 1.54) is 11.8 Å². The number of hydrogen-bond acceptors (Lipinski definition) is 5. The highest BCUT2D eigenvalue weighted by Gasteiger charge is 2.14. The zero-order chi connectivity index (χ0) is 16.3. The van der Waals surface area contributed by atoms with Crippen molar-refractivity contribution >= 4 is 32.9 Å². The van der Waals surface area contributed by atoms with Crippen molar-refractivity contribution in [2.24, 2.45) is 7.05 Å². The normalized spacial score (nSPS) is 11.7. The fraction of sp³-hybridized carbons (Fsp3) is 0.188. The van der Waals surface area contributed by atoms with Gasteiger partial charge in [0.2, 0.25) is 0 Å². The second-order valence-electron chi connectivity index (χ2n) is 4.95. The van der Waals surface area contributed by atoms with Gasteiger partial charge in [0, 0.05) is 12.8 Å². The van der Waals surface area contributed by atoms with Gasteiger partial charge in [-0.05, 0) is 24.3 Å². The second kappa shape index (κ2) is 6.64. The van der Waals surface area contributed by atoms with Gasteiger partial charge in [-0.2, -0.15) is 8.42 Å². The lowest BCUT2D eigenvalue weighted by Gasteiger charge is -2.06. The molecular weight excluding hydrogens is 332 g/mol. The van der Waals surface area contributed by atoms with Crippen LogP contribution in [0.25, 0.3) is 11.0 Å². The van der Waals surface area contributed by atoms with E-state index in [1.807, 2.05) is 35.9 Å². The van der Waals surface area contributed by atoms with Crippen molar-refractivity contribution in [3.63, 3.8) is 0 Å². The summed E-state index contributed by atoms with van der Waals surface area (Å²) >= 11 is 1.40. The van der Waals surface area contributed by atoms with Crippen molar-refractivity contribution in [3.8, 4) is 5.75 Å². The molecule has 0 aliphatic carbocycles. The first-order valence-electron chi connectivity index (χ1n) is 7.07. The number of rotatable bonds is 6. The number of para-hydroxylation sites is 3. The van der Waals surface area contributed by atoms with Crippen molar-refractivity contribution in [3.05, 3.63) is 54.6 Å². The molecule has 1 aromatic heterocycles. The van der Waals surface area contributed by atoms with E-state index in [4.69, 9.17) is 4.18 Å². The summed E-state index contributed by atoms with van der Waals surface area (Å²) in [6, 6.07) is 16.3. The van der Waals surface area contributed by atoms with Gasteiger partial charge in [0.05, 0.1) is 16.8 Å². The van der Waals surface area contributed by atoms with E-state index in [-0.39, 0.29) is 5.75 Å². The van der Waals surface area contributed by atoms with Crippen molar-refractivity contribution in [2.75, 3.05) is 11.5 Å².